The van der Waals surface area contributed by atoms with Crippen LogP contribution in [0.4, 0.5) is 4.39 Å². The quantitative estimate of drug-likeness (QED) is 0.847. The van der Waals surface area contributed by atoms with Crippen molar-refractivity contribution in [3.05, 3.63) is 36.0 Å². The number of benzene rings is 1. The third kappa shape index (κ3) is 4.24. The number of alkyl halides is 1. The monoisotopic (exact) mass is 349 g/mol. The zero-order chi connectivity index (χ0) is 16.8. The highest BCUT2D eigenvalue weighted by atomic mass is 32.1. The van der Waals surface area contributed by atoms with E-state index in [1.165, 1.54) is 5.57 Å². The number of halogens is 1. The molecule has 1 aromatic carbocycles. The maximum Gasteiger partial charge on any atom is 0.173 e. The van der Waals surface area contributed by atoms with Crippen molar-refractivity contribution in [3.8, 4) is 5.75 Å². The lowest BCUT2D eigenvalue weighted by Gasteiger charge is -2.35. The zero-order valence-electron chi connectivity index (χ0n) is 13.8. The third-order valence-corrected chi connectivity index (χ3v) is 4.89. The first-order valence-corrected chi connectivity index (χ1v) is 8.94. The average Bonchev–Trinajstić information content (AvgIpc) is 2.83. The molecule has 0 aromatic heterocycles. The summed E-state index contributed by atoms with van der Waals surface area (Å²) in [5.74, 6) is 0.939. The van der Waals surface area contributed by atoms with Crippen molar-refractivity contribution in [2.45, 2.75) is 12.8 Å². The Hall–Kier alpha value is -1.66. The van der Waals surface area contributed by atoms with Crippen LogP contribution < -0.4 is 10.1 Å². The minimum Gasteiger partial charge on any atom is -0.493 e. The lowest BCUT2D eigenvalue weighted by Crippen LogP contribution is -2.51. The molecule has 1 saturated heterocycles. The van der Waals surface area contributed by atoms with Gasteiger partial charge in [-0.2, -0.15) is 0 Å². The number of hydrogen-bond acceptors (Lipinski definition) is 3. The molecule has 4 nitrogen and oxygen atoms in total. The van der Waals surface area contributed by atoms with E-state index in [4.69, 9.17) is 17.0 Å². The predicted molar refractivity (Wildman–Crippen MR) is 98.9 cm³/mol. The summed E-state index contributed by atoms with van der Waals surface area (Å²) in [6, 6.07) is 8.13. The van der Waals surface area contributed by atoms with Gasteiger partial charge in [0.25, 0.3) is 0 Å². The first-order chi connectivity index (χ1) is 11.8. The second kappa shape index (κ2) is 8.44. The molecular formula is C18H24FN3OS. The van der Waals surface area contributed by atoms with Gasteiger partial charge in [-0.05, 0) is 36.7 Å². The van der Waals surface area contributed by atoms with Crippen LogP contribution >= 0.6 is 12.2 Å². The Labute approximate surface area is 148 Å². The van der Waals surface area contributed by atoms with E-state index >= 15 is 0 Å². The fourth-order valence-electron chi connectivity index (χ4n) is 3.12. The van der Waals surface area contributed by atoms with Gasteiger partial charge in [0.05, 0.1) is 6.61 Å². The zero-order valence-corrected chi connectivity index (χ0v) is 14.7. The van der Waals surface area contributed by atoms with Crippen molar-refractivity contribution in [3.63, 3.8) is 0 Å². The maximum atomic E-state index is 12.4. The molecule has 130 valence electrons. The number of thiocarbonyl (C=S) groups is 1. The van der Waals surface area contributed by atoms with Crippen molar-refractivity contribution in [2.75, 3.05) is 46.0 Å². The van der Waals surface area contributed by atoms with Crippen LogP contribution in [0.2, 0.25) is 0 Å². The van der Waals surface area contributed by atoms with Crippen molar-refractivity contribution in [1.82, 2.24) is 15.1 Å². The summed E-state index contributed by atoms with van der Waals surface area (Å²) in [5, 5.41) is 4.03. The van der Waals surface area contributed by atoms with Gasteiger partial charge in [0.1, 0.15) is 12.4 Å². The molecule has 0 amide bonds. The molecule has 0 atom stereocenters. The van der Waals surface area contributed by atoms with Crippen LogP contribution in [0.1, 0.15) is 18.4 Å². The van der Waals surface area contributed by atoms with Gasteiger partial charge in [0, 0.05) is 44.5 Å². The summed E-state index contributed by atoms with van der Waals surface area (Å²) in [4.78, 5) is 4.29. The Morgan fingerprint density at radius 3 is 2.83 bits per heavy atom. The fourth-order valence-corrected chi connectivity index (χ4v) is 3.36. The molecule has 3 rings (SSSR count). The minimum absolute atomic E-state index is 0.281. The largest absolute Gasteiger partial charge is 0.493 e. The molecular weight excluding hydrogens is 325 g/mol. The lowest BCUT2D eigenvalue weighted by atomic mass is 10.0. The third-order valence-electron chi connectivity index (χ3n) is 4.51. The van der Waals surface area contributed by atoms with Crippen molar-refractivity contribution < 1.29 is 9.13 Å². The van der Waals surface area contributed by atoms with E-state index in [0.717, 1.165) is 62.1 Å². The van der Waals surface area contributed by atoms with Gasteiger partial charge in [-0.1, -0.05) is 18.2 Å². The van der Waals surface area contributed by atoms with Crippen molar-refractivity contribution >= 4 is 22.9 Å². The summed E-state index contributed by atoms with van der Waals surface area (Å²) in [6.07, 6.45) is 3.98. The Morgan fingerprint density at radius 1 is 1.25 bits per heavy atom. The highest BCUT2D eigenvalue weighted by Gasteiger charge is 2.18. The molecule has 0 unspecified atom stereocenters. The highest BCUT2D eigenvalue weighted by Crippen LogP contribution is 2.31. The van der Waals surface area contributed by atoms with Gasteiger partial charge in [0.2, 0.25) is 0 Å². The smallest absolute Gasteiger partial charge is 0.173 e. The Balaban J connectivity index is 1.60. The number of rotatable bonds is 3. The second-order valence-electron chi connectivity index (χ2n) is 6.08. The summed E-state index contributed by atoms with van der Waals surface area (Å²) >= 11 is 5.52. The average molecular weight is 349 g/mol. The van der Waals surface area contributed by atoms with Crippen LogP contribution in [0, 0.1) is 0 Å². The van der Waals surface area contributed by atoms with Crippen LogP contribution in [0.25, 0.3) is 5.57 Å². The first kappa shape index (κ1) is 17.2. The summed E-state index contributed by atoms with van der Waals surface area (Å²) in [6.45, 7) is 4.39. The standard InChI is InChI=1S/C18H24FN3OS/c19-7-8-21-9-11-22(12-10-21)18(24)20-14-15-4-3-13-23-17-6-2-1-5-16(15)17/h1-2,5-6,14H,3-4,7-13H2,(H,20,24)/b15-14-. The maximum absolute atomic E-state index is 12.4. The van der Waals surface area contributed by atoms with E-state index in [9.17, 15) is 4.39 Å². The van der Waals surface area contributed by atoms with Crippen LogP contribution in [0.15, 0.2) is 30.5 Å². The lowest BCUT2D eigenvalue weighted by molar-refractivity contribution is 0.171. The number of nitrogens with zero attached hydrogens (tertiary/aromatic N) is 2. The molecule has 1 aromatic rings. The Kier molecular flexibility index (Phi) is 6.04. The normalized spacial score (nSPS) is 20.2. The number of ether oxygens (including phenoxy) is 1. The number of hydrogen-bond donors (Lipinski definition) is 1. The van der Waals surface area contributed by atoms with Crippen LogP contribution in [0.3, 0.4) is 0 Å². The summed E-state index contributed by atoms with van der Waals surface area (Å²) in [7, 11) is 0. The summed E-state index contributed by atoms with van der Waals surface area (Å²) < 4.78 is 18.2. The second-order valence-corrected chi connectivity index (χ2v) is 6.47. The molecule has 0 spiro atoms. The van der Waals surface area contributed by atoms with Crippen molar-refractivity contribution in [1.29, 1.82) is 0 Å². The molecule has 24 heavy (non-hydrogen) atoms. The Bertz CT molecular complexity index is 600. The van der Waals surface area contributed by atoms with E-state index in [1.54, 1.807) is 0 Å². The van der Waals surface area contributed by atoms with Gasteiger partial charge in [0.15, 0.2) is 5.11 Å². The molecule has 1 N–H and O–H groups in total. The topological polar surface area (TPSA) is 27.7 Å². The minimum atomic E-state index is -0.281. The van der Waals surface area contributed by atoms with Gasteiger partial charge in [-0.15, -0.1) is 0 Å². The molecule has 2 aliphatic heterocycles. The van der Waals surface area contributed by atoms with Crippen LogP contribution in [-0.2, 0) is 0 Å². The molecule has 0 saturated carbocycles. The number of nitrogens with one attached hydrogen (secondary N) is 1. The van der Waals surface area contributed by atoms with Crippen LogP contribution in [0.5, 0.6) is 5.75 Å². The number of allylic oxidation sites excluding steroid dienone is 1. The molecule has 0 bridgehead atoms. The van der Waals surface area contributed by atoms with E-state index < -0.39 is 0 Å². The van der Waals surface area contributed by atoms with E-state index in [2.05, 4.69) is 21.2 Å². The number of para-hydroxylation sites is 1. The fraction of sp³-hybridized carbons (Fsp3) is 0.500. The number of fused-ring (bicyclic) bond motifs is 1. The molecule has 2 heterocycles. The van der Waals surface area contributed by atoms with Gasteiger partial charge < -0.3 is 15.0 Å². The predicted octanol–water partition coefficient (Wildman–Crippen LogP) is 2.66. The molecule has 0 radical (unpaired) electrons. The van der Waals surface area contributed by atoms with Gasteiger partial charge in [-0.3, -0.25) is 4.90 Å². The van der Waals surface area contributed by atoms with Crippen molar-refractivity contribution in [2.24, 2.45) is 0 Å². The first-order valence-electron chi connectivity index (χ1n) is 8.53. The van der Waals surface area contributed by atoms with Gasteiger partial charge in [-0.25, -0.2) is 4.39 Å². The summed E-state index contributed by atoms with van der Waals surface area (Å²) in [5.41, 5.74) is 2.36. The number of piperazine rings is 1. The van der Waals surface area contributed by atoms with Crippen LogP contribution in [-0.4, -0.2) is 60.9 Å². The molecule has 1 fully saturated rings. The molecule has 6 heteroatoms. The van der Waals surface area contributed by atoms with E-state index in [0.29, 0.717) is 6.54 Å². The van der Waals surface area contributed by atoms with Gasteiger partial charge >= 0.3 is 0 Å². The van der Waals surface area contributed by atoms with E-state index in [-0.39, 0.29) is 6.67 Å². The highest BCUT2D eigenvalue weighted by molar-refractivity contribution is 7.80. The molecule has 2 aliphatic rings. The molecule has 0 aliphatic carbocycles. The van der Waals surface area contributed by atoms with E-state index in [1.807, 2.05) is 24.4 Å². The Morgan fingerprint density at radius 2 is 2.04 bits per heavy atom. The SMILES string of the molecule is FCCN1CCN(C(=S)N/C=C2/CCCOc3ccccc32)CC1.